The normalized spacial score (nSPS) is 29.4. The molecule has 0 radical (unpaired) electrons. The van der Waals surface area contributed by atoms with E-state index in [1.807, 2.05) is 0 Å². The highest BCUT2D eigenvalue weighted by atomic mass is 16.5. The van der Waals surface area contributed by atoms with E-state index in [1.54, 1.807) is 31.4 Å². The minimum atomic E-state index is -0.747. The van der Waals surface area contributed by atoms with Gasteiger partial charge in [-0.15, -0.1) is 0 Å². The number of piperidine rings is 1. The molecule has 1 saturated heterocycles. The second-order valence-corrected chi connectivity index (χ2v) is 4.51. The number of carbonyl (C=O) groups is 2. The smallest absolute Gasteiger partial charge is 0.297 e. The first-order valence-corrected chi connectivity index (χ1v) is 5.71. The SMILES string of the molecule is COc1ccc(N2C(=O)C(=O)C3CC32OC)cc1. The number of ether oxygens (including phenoxy) is 2. The van der Waals surface area contributed by atoms with Crippen LogP contribution in [0.4, 0.5) is 5.69 Å². The highest BCUT2D eigenvalue weighted by molar-refractivity contribution is 6.46. The van der Waals surface area contributed by atoms with Gasteiger partial charge in [-0.2, -0.15) is 0 Å². The number of amides is 1. The Morgan fingerprint density at radius 2 is 1.89 bits per heavy atom. The summed E-state index contributed by atoms with van der Waals surface area (Å²) >= 11 is 0. The summed E-state index contributed by atoms with van der Waals surface area (Å²) in [5.41, 5.74) is -0.0843. The molecule has 1 aliphatic heterocycles. The second-order valence-electron chi connectivity index (χ2n) is 4.51. The number of hydrogen-bond donors (Lipinski definition) is 0. The van der Waals surface area contributed by atoms with E-state index >= 15 is 0 Å². The van der Waals surface area contributed by atoms with Gasteiger partial charge in [-0.05, 0) is 24.3 Å². The summed E-state index contributed by atoms with van der Waals surface area (Å²) in [6, 6.07) is 7.02. The van der Waals surface area contributed by atoms with E-state index in [0.29, 0.717) is 17.9 Å². The Bertz CT molecular complexity index is 524. The first kappa shape index (κ1) is 11.2. The fourth-order valence-electron chi connectivity index (χ4n) is 2.59. The molecule has 2 unspecified atom stereocenters. The number of ketones is 1. The van der Waals surface area contributed by atoms with Crippen LogP contribution in [0.5, 0.6) is 5.75 Å². The van der Waals surface area contributed by atoms with E-state index in [9.17, 15) is 9.59 Å². The molecule has 18 heavy (non-hydrogen) atoms. The zero-order valence-corrected chi connectivity index (χ0v) is 10.2. The number of nitrogens with zero attached hydrogens (tertiary/aromatic N) is 1. The van der Waals surface area contributed by atoms with Crippen molar-refractivity contribution >= 4 is 17.4 Å². The number of fused-ring (bicyclic) bond motifs is 1. The van der Waals surface area contributed by atoms with Crippen molar-refractivity contribution in [2.75, 3.05) is 19.1 Å². The van der Waals surface area contributed by atoms with E-state index < -0.39 is 11.6 Å². The van der Waals surface area contributed by atoms with Gasteiger partial charge in [0.05, 0.1) is 13.0 Å². The van der Waals surface area contributed by atoms with Gasteiger partial charge in [-0.25, -0.2) is 0 Å². The molecule has 2 aliphatic rings. The van der Waals surface area contributed by atoms with Crippen LogP contribution in [0.25, 0.3) is 0 Å². The summed E-state index contributed by atoms with van der Waals surface area (Å²) in [6.45, 7) is 0. The van der Waals surface area contributed by atoms with Crippen molar-refractivity contribution in [1.29, 1.82) is 0 Å². The molecule has 1 aromatic carbocycles. The molecule has 1 heterocycles. The number of methoxy groups -OCH3 is 2. The molecule has 0 aromatic heterocycles. The average molecular weight is 247 g/mol. The lowest BCUT2D eigenvalue weighted by atomic mass is 10.2. The summed E-state index contributed by atoms with van der Waals surface area (Å²) in [7, 11) is 3.11. The van der Waals surface area contributed by atoms with Crippen molar-refractivity contribution in [3.63, 3.8) is 0 Å². The summed E-state index contributed by atoms with van der Waals surface area (Å²) in [4.78, 5) is 25.1. The summed E-state index contributed by atoms with van der Waals surface area (Å²) in [5.74, 6) is -0.446. The number of rotatable bonds is 3. The van der Waals surface area contributed by atoms with Gasteiger partial charge in [0.2, 0.25) is 5.78 Å². The minimum absolute atomic E-state index is 0.308. The van der Waals surface area contributed by atoms with Crippen LogP contribution in [-0.2, 0) is 14.3 Å². The molecule has 1 saturated carbocycles. The first-order valence-electron chi connectivity index (χ1n) is 5.71. The molecule has 94 valence electrons. The third-order valence-electron chi connectivity index (χ3n) is 3.67. The van der Waals surface area contributed by atoms with E-state index in [4.69, 9.17) is 9.47 Å². The fourth-order valence-corrected chi connectivity index (χ4v) is 2.59. The van der Waals surface area contributed by atoms with E-state index in [0.717, 1.165) is 0 Å². The van der Waals surface area contributed by atoms with Gasteiger partial charge >= 0.3 is 0 Å². The standard InChI is InChI=1S/C13H13NO4/c1-17-9-5-3-8(4-6-9)14-12(16)11(15)10-7-13(10,14)18-2/h3-6,10H,7H2,1-2H3. The molecule has 0 bridgehead atoms. The van der Waals surface area contributed by atoms with Crippen LogP contribution in [0.3, 0.4) is 0 Å². The molecular formula is C13H13NO4. The molecule has 0 N–H and O–H groups in total. The van der Waals surface area contributed by atoms with Gasteiger partial charge in [0.25, 0.3) is 5.91 Å². The quantitative estimate of drug-likeness (QED) is 0.747. The fraction of sp³-hybridized carbons (Fsp3) is 0.385. The van der Waals surface area contributed by atoms with Crippen LogP contribution in [0.15, 0.2) is 24.3 Å². The summed E-state index contributed by atoms with van der Waals surface area (Å²) < 4.78 is 10.5. The molecule has 5 nitrogen and oxygen atoms in total. The topological polar surface area (TPSA) is 55.8 Å². The monoisotopic (exact) mass is 247 g/mol. The molecule has 2 atom stereocenters. The lowest BCUT2D eigenvalue weighted by molar-refractivity contribution is -0.135. The van der Waals surface area contributed by atoms with Gasteiger partial charge in [0.1, 0.15) is 5.75 Å². The van der Waals surface area contributed by atoms with E-state index in [-0.39, 0.29) is 11.7 Å². The predicted molar refractivity (Wildman–Crippen MR) is 63.3 cm³/mol. The Hall–Kier alpha value is -1.88. The van der Waals surface area contributed by atoms with Crippen molar-refractivity contribution in [3.8, 4) is 5.75 Å². The van der Waals surface area contributed by atoms with Crippen LogP contribution in [0, 0.1) is 5.92 Å². The van der Waals surface area contributed by atoms with Gasteiger partial charge < -0.3 is 9.47 Å². The highest BCUT2D eigenvalue weighted by Crippen LogP contribution is 2.56. The molecule has 1 aromatic rings. The van der Waals surface area contributed by atoms with Crippen LogP contribution < -0.4 is 9.64 Å². The van der Waals surface area contributed by atoms with Gasteiger partial charge in [0.15, 0.2) is 5.72 Å². The Kier molecular flexibility index (Phi) is 2.22. The van der Waals surface area contributed by atoms with Crippen molar-refractivity contribution in [1.82, 2.24) is 0 Å². The number of carbonyl (C=O) groups excluding carboxylic acids is 2. The maximum Gasteiger partial charge on any atom is 0.297 e. The molecule has 0 spiro atoms. The molecule has 3 rings (SSSR count). The third kappa shape index (κ3) is 1.25. The lowest BCUT2D eigenvalue weighted by Crippen LogP contribution is -2.40. The molecule has 1 amide bonds. The summed E-state index contributed by atoms with van der Waals surface area (Å²) in [5, 5.41) is 0. The molecular weight excluding hydrogens is 234 g/mol. The lowest BCUT2D eigenvalue weighted by Gasteiger charge is -2.26. The van der Waals surface area contributed by atoms with Crippen LogP contribution in [0.2, 0.25) is 0 Å². The van der Waals surface area contributed by atoms with Gasteiger partial charge in [-0.3, -0.25) is 14.5 Å². The Labute approximate surface area is 104 Å². The molecule has 1 aliphatic carbocycles. The van der Waals surface area contributed by atoms with Crippen LogP contribution >= 0.6 is 0 Å². The number of Topliss-reactive ketones (excluding diaryl/α,β-unsaturated/α-hetero) is 1. The van der Waals surface area contributed by atoms with E-state index in [1.165, 1.54) is 12.0 Å². The van der Waals surface area contributed by atoms with Crippen molar-refractivity contribution in [3.05, 3.63) is 24.3 Å². The largest absolute Gasteiger partial charge is 0.497 e. The first-order chi connectivity index (χ1) is 8.64. The van der Waals surface area contributed by atoms with Crippen molar-refractivity contribution < 1.29 is 19.1 Å². The van der Waals surface area contributed by atoms with Crippen molar-refractivity contribution in [2.24, 2.45) is 5.92 Å². The third-order valence-corrected chi connectivity index (χ3v) is 3.67. The number of anilines is 1. The number of hydrogen-bond acceptors (Lipinski definition) is 4. The maximum absolute atomic E-state index is 11.9. The van der Waals surface area contributed by atoms with Crippen molar-refractivity contribution in [2.45, 2.75) is 12.1 Å². The molecule has 2 fully saturated rings. The van der Waals surface area contributed by atoms with Crippen LogP contribution in [0.1, 0.15) is 6.42 Å². The average Bonchev–Trinajstić information content (AvgIpc) is 3.09. The maximum atomic E-state index is 11.9. The van der Waals surface area contributed by atoms with Crippen LogP contribution in [-0.4, -0.2) is 31.6 Å². The Balaban J connectivity index is 1.99. The second kappa shape index (κ2) is 3.55. The molecule has 5 heteroatoms. The zero-order valence-electron chi connectivity index (χ0n) is 10.2. The van der Waals surface area contributed by atoms with E-state index in [2.05, 4.69) is 0 Å². The number of benzene rings is 1. The minimum Gasteiger partial charge on any atom is -0.497 e. The predicted octanol–water partition coefficient (Wildman–Crippen LogP) is 0.973. The highest BCUT2D eigenvalue weighted by Gasteiger charge is 2.72. The van der Waals surface area contributed by atoms with Gasteiger partial charge in [0, 0.05) is 19.2 Å². The van der Waals surface area contributed by atoms with Gasteiger partial charge in [-0.1, -0.05) is 0 Å². The summed E-state index contributed by atoms with van der Waals surface area (Å²) in [6.07, 6.45) is 0.583. The Morgan fingerprint density at radius 3 is 2.44 bits per heavy atom. The Morgan fingerprint density at radius 1 is 1.22 bits per heavy atom. The zero-order chi connectivity index (χ0) is 12.9.